The zero-order valence-corrected chi connectivity index (χ0v) is 14.2. The maximum absolute atomic E-state index is 12.9. The maximum Gasteiger partial charge on any atom is 0.247 e. The second kappa shape index (κ2) is 8.73. The summed E-state index contributed by atoms with van der Waals surface area (Å²) >= 11 is 0. The van der Waals surface area contributed by atoms with Gasteiger partial charge in [-0.1, -0.05) is 12.1 Å². The van der Waals surface area contributed by atoms with Crippen molar-refractivity contribution in [3.05, 3.63) is 71.3 Å². The van der Waals surface area contributed by atoms with E-state index in [-0.39, 0.29) is 24.2 Å². The minimum atomic E-state index is -0.338. The number of benzene rings is 1. The molecule has 0 atom stereocenters. The van der Waals surface area contributed by atoms with E-state index in [1.807, 2.05) is 12.1 Å². The van der Waals surface area contributed by atoms with Crippen LogP contribution in [0.5, 0.6) is 0 Å². The Morgan fingerprint density at radius 2 is 1.80 bits per heavy atom. The van der Waals surface area contributed by atoms with E-state index in [0.717, 1.165) is 11.1 Å². The van der Waals surface area contributed by atoms with Crippen LogP contribution in [0.25, 0.3) is 6.08 Å². The first-order valence-corrected chi connectivity index (χ1v) is 7.80. The quantitative estimate of drug-likeness (QED) is 0.821. The fourth-order valence-corrected chi connectivity index (χ4v) is 2.16. The summed E-state index contributed by atoms with van der Waals surface area (Å²) in [6.07, 6.45) is 4.97. The summed E-state index contributed by atoms with van der Waals surface area (Å²) in [6, 6.07) is 9.48. The van der Waals surface area contributed by atoms with Gasteiger partial charge in [0.1, 0.15) is 5.82 Å². The van der Waals surface area contributed by atoms with Gasteiger partial charge in [0.2, 0.25) is 11.8 Å². The van der Waals surface area contributed by atoms with Crippen molar-refractivity contribution >= 4 is 17.9 Å². The third kappa shape index (κ3) is 5.84. The van der Waals surface area contributed by atoms with Gasteiger partial charge in [0, 0.05) is 31.6 Å². The molecule has 0 unspecified atom stereocenters. The number of amides is 2. The van der Waals surface area contributed by atoms with Crippen LogP contribution in [0.1, 0.15) is 18.1 Å². The Morgan fingerprint density at radius 1 is 1.16 bits per heavy atom. The number of carbonyl (C=O) groups is 2. The third-order valence-corrected chi connectivity index (χ3v) is 3.61. The Balaban J connectivity index is 1.85. The van der Waals surface area contributed by atoms with Crippen LogP contribution in [0.4, 0.5) is 4.39 Å². The fourth-order valence-electron chi connectivity index (χ4n) is 2.16. The predicted molar refractivity (Wildman–Crippen MR) is 93.8 cm³/mol. The molecule has 0 saturated carbocycles. The molecule has 6 heteroatoms. The molecule has 1 aromatic carbocycles. The summed E-state index contributed by atoms with van der Waals surface area (Å²) < 4.78 is 12.9. The Bertz CT molecular complexity index is 758. The number of pyridine rings is 1. The molecule has 0 aliphatic rings. The van der Waals surface area contributed by atoms with Crippen molar-refractivity contribution < 1.29 is 14.0 Å². The number of rotatable bonds is 6. The first kappa shape index (κ1) is 18.3. The van der Waals surface area contributed by atoms with Crippen molar-refractivity contribution in [1.29, 1.82) is 0 Å². The van der Waals surface area contributed by atoms with E-state index >= 15 is 0 Å². The van der Waals surface area contributed by atoms with Crippen molar-refractivity contribution in [2.24, 2.45) is 0 Å². The molecule has 0 aliphatic carbocycles. The first-order chi connectivity index (χ1) is 12.0. The Labute approximate surface area is 146 Å². The number of halogens is 1. The summed E-state index contributed by atoms with van der Waals surface area (Å²) in [5, 5.41) is 2.60. The lowest BCUT2D eigenvalue weighted by Crippen LogP contribution is -2.38. The van der Waals surface area contributed by atoms with E-state index in [2.05, 4.69) is 10.3 Å². The molecule has 2 aromatic rings. The standard InChI is InChI=1S/C19H20FN3O2/c1-14(11-15-3-5-17(20)6-4-15)19(25)22-12-18(24)23(2)13-16-7-9-21-10-8-16/h3-11H,12-13H2,1-2H3,(H,22,25)/b14-11+. The van der Waals surface area contributed by atoms with Crippen LogP contribution < -0.4 is 5.32 Å². The lowest BCUT2D eigenvalue weighted by atomic mass is 10.1. The number of nitrogens with one attached hydrogen (secondary N) is 1. The van der Waals surface area contributed by atoms with E-state index < -0.39 is 0 Å². The predicted octanol–water partition coefficient (Wildman–Crippen LogP) is 2.40. The van der Waals surface area contributed by atoms with E-state index in [4.69, 9.17) is 0 Å². The van der Waals surface area contributed by atoms with Crippen LogP contribution in [0, 0.1) is 5.82 Å². The minimum absolute atomic E-state index is 0.0883. The number of hydrogen-bond acceptors (Lipinski definition) is 3. The molecule has 2 rings (SSSR count). The molecule has 5 nitrogen and oxygen atoms in total. The number of aromatic nitrogens is 1. The van der Waals surface area contributed by atoms with E-state index in [1.54, 1.807) is 44.6 Å². The molecule has 25 heavy (non-hydrogen) atoms. The molecule has 2 amide bonds. The van der Waals surface area contributed by atoms with E-state index in [0.29, 0.717) is 12.1 Å². The Morgan fingerprint density at radius 3 is 2.44 bits per heavy atom. The summed E-state index contributed by atoms with van der Waals surface area (Å²) in [5.74, 6) is -0.864. The molecule has 130 valence electrons. The number of likely N-dealkylation sites (N-methyl/N-ethyl adjacent to an activating group) is 1. The number of hydrogen-bond donors (Lipinski definition) is 1. The molecule has 0 spiro atoms. The summed E-state index contributed by atoms with van der Waals surface area (Å²) in [4.78, 5) is 29.6. The second-order valence-electron chi connectivity index (χ2n) is 5.67. The van der Waals surface area contributed by atoms with Gasteiger partial charge in [0.25, 0.3) is 0 Å². The highest BCUT2D eigenvalue weighted by molar-refractivity contribution is 5.98. The lowest BCUT2D eigenvalue weighted by molar-refractivity contribution is -0.131. The number of nitrogens with zero attached hydrogens (tertiary/aromatic N) is 2. The van der Waals surface area contributed by atoms with Gasteiger partial charge >= 0.3 is 0 Å². The van der Waals surface area contributed by atoms with Gasteiger partial charge in [-0.25, -0.2) is 4.39 Å². The van der Waals surface area contributed by atoms with Gasteiger partial charge in [-0.2, -0.15) is 0 Å². The number of carbonyl (C=O) groups excluding carboxylic acids is 2. The second-order valence-corrected chi connectivity index (χ2v) is 5.67. The molecular weight excluding hydrogens is 321 g/mol. The largest absolute Gasteiger partial charge is 0.343 e. The van der Waals surface area contributed by atoms with Crippen LogP contribution in [0.3, 0.4) is 0 Å². The van der Waals surface area contributed by atoms with E-state index in [1.165, 1.54) is 17.0 Å². The van der Waals surface area contributed by atoms with Gasteiger partial charge in [-0.05, 0) is 48.4 Å². The molecule has 0 bridgehead atoms. The summed E-state index contributed by atoms with van der Waals surface area (Å²) in [5.41, 5.74) is 2.12. The molecule has 1 heterocycles. The average Bonchev–Trinajstić information content (AvgIpc) is 2.62. The highest BCUT2D eigenvalue weighted by Gasteiger charge is 2.12. The topological polar surface area (TPSA) is 62.3 Å². The van der Waals surface area contributed by atoms with Crippen LogP contribution in [0.15, 0.2) is 54.4 Å². The Hall–Kier alpha value is -3.02. The van der Waals surface area contributed by atoms with Crippen molar-refractivity contribution in [2.45, 2.75) is 13.5 Å². The Kier molecular flexibility index (Phi) is 6.39. The van der Waals surface area contributed by atoms with Gasteiger partial charge < -0.3 is 10.2 Å². The van der Waals surface area contributed by atoms with Crippen LogP contribution >= 0.6 is 0 Å². The van der Waals surface area contributed by atoms with Crippen LogP contribution in [-0.2, 0) is 16.1 Å². The molecule has 1 N–H and O–H groups in total. The zero-order chi connectivity index (χ0) is 18.2. The highest BCUT2D eigenvalue weighted by Crippen LogP contribution is 2.08. The lowest BCUT2D eigenvalue weighted by Gasteiger charge is -2.17. The van der Waals surface area contributed by atoms with Gasteiger partial charge in [-0.3, -0.25) is 14.6 Å². The highest BCUT2D eigenvalue weighted by atomic mass is 19.1. The third-order valence-electron chi connectivity index (χ3n) is 3.61. The smallest absolute Gasteiger partial charge is 0.247 e. The molecule has 0 aliphatic heterocycles. The van der Waals surface area contributed by atoms with E-state index in [9.17, 15) is 14.0 Å². The van der Waals surface area contributed by atoms with Gasteiger partial charge in [0.05, 0.1) is 6.54 Å². The van der Waals surface area contributed by atoms with Crippen molar-refractivity contribution in [2.75, 3.05) is 13.6 Å². The molecular formula is C19H20FN3O2. The van der Waals surface area contributed by atoms with Crippen molar-refractivity contribution in [3.63, 3.8) is 0 Å². The maximum atomic E-state index is 12.9. The molecule has 0 saturated heterocycles. The minimum Gasteiger partial charge on any atom is -0.343 e. The summed E-state index contributed by atoms with van der Waals surface area (Å²) in [7, 11) is 1.68. The normalized spacial score (nSPS) is 11.1. The van der Waals surface area contributed by atoms with Crippen molar-refractivity contribution in [1.82, 2.24) is 15.2 Å². The first-order valence-electron chi connectivity index (χ1n) is 7.80. The molecule has 0 fully saturated rings. The molecule has 1 aromatic heterocycles. The van der Waals surface area contributed by atoms with Crippen LogP contribution in [-0.4, -0.2) is 35.3 Å². The molecule has 0 radical (unpaired) electrons. The van der Waals surface area contributed by atoms with Gasteiger partial charge in [-0.15, -0.1) is 0 Å². The summed E-state index contributed by atoms with van der Waals surface area (Å²) in [6.45, 7) is 2.00. The van der Waals surface area contributed by atoms with Crippen molar-refractivity contribution in [3.8, 4) is 0 Å². The monoisotopic (exact) mass is 341 g/mol. The SMILES string of the molecule is C/C(=C\c1ccc(F)cc1)C(=O)NCC(=O)N(C)Cc1ccncc1. The van der Waals surface area contributed by atoms with Gasteiger partial charge in [0.15, 0.2) is 0 Å². The average molecular weight is 341 g/mol. The zero-order valence-electron chi connectivity index (χ0n) is 14.2. The van der Waals surface area contributed by atoms with Crippen LogP contribution in [0.2, 0.25) is 0 Å². The fraction of sp³-hybridized carbons (Fsp3) is 0.211.